The van der Waals surface area contributed by atoms with Crippen LogP contribution in [0.3, 0.4) is 0 Å². The Morgan fingerprint density at radius 3 is 3.00 bits per heavy atom. The molecule has 1 fully saturated rings. The average molecular weight is 248 g/mol. The summed E-state index contributed by atoms with van der Waals surface area (Å²) in [7, 11) is 0. The molecule has 1 saturated heterocycles. The van der Waals surface area contributed by atoms with Gasteiger partial charge in [-0.3, -0.25) is 9.78 Å². The molecule has 98 valence electrons. The van der Waals surface area contributed by atoms with Crippen LogP contribution in [0.1, 0.15) is 21.7 Å². The molecule has 1 aromatic rings. The van der Waals surface area contributed by atoms with E-state index in [4.69, 9.17) is 5.73 Å². The van der Waals surface area contributed by atoms with Crippen LogP contribution in [0.4, 0.5) is 0 Å². The SMILES string of the molecule is Cc1ccc(C(=O)N2CCNCC2CN)c(C)n1. The number of nitrogens with two attached hydrogens (primary N) is 1. The molecule has 5 nitrogen and oxygen atoms in total. The minimum Gasteiger partial charge on any atom is -0.332 e. The topological polar surface area (TPSA) is 71.2 Å². The van der Waals surface area contributed by atoms with Crippen molar-refractivity contribution >= 4 is 5.91 Å². The van der Waals surface area contributed by atoms with Crippen molar-refractivity contribution in [1.82, 2.24) is 15.2 Å². The predicted octanol–water partition coefficient (Wildman–Crippen LogP) is 0.0711. The number of carbonyl (C=O) groups excluding carboxylic acids is 1. The molecule has 18 heavy (non-hydrogen) atoms. The first-order chi connectivity index (χ1) is 8.63. The van der Waals surface area contributed by atoms with Crippen molar-refractivity contribution in [2.45, 2.75) is 19.9 Å². The summed E-state index contributed by atoms with van der Waals surface area (Å²) in [5.41, 5.74) is 8.12. The van der Waals surface area contributed by atoms with Gasteiger partial charge in [-0.25, -0.2) is 0 Å². The van der Waals surface area contributed by atoms with Gasteiger partial charge < -0.3 is 16.0 Å². The van der Waals surface area contributed by atoms with Gasteiger partial charge in [0.2, 0.25) is 0 Å². The molecule has 0 aromatic carbocycles. The second kappa shape index (κ2) is 5.46. The zero-order valence-corrected chi connectivity index (χ0v) is 10.9. The molecule has 0 aliphatic carbocycles. The van der Waals surface area contributed by atoms with Gasteiger partial charge in [0.25, 0.3) is 5.91 Å². The third-order valence-corrected chi connectivity index (χ3v) is 3.34. The van der Waals surface area contributed by atoms with Crippen LogP contribution in [-0.4, -0.2) is 48.0 Å². The number of aromatic nitrogens is 1. The highest BCUT2D eigenvalue weighted by Crippen LogP contribution is 2.13. The van der Waals surface area contributed by atoms with Crippen molar-refractivity contribution in [3.05, 3.63) is 29.1 Å². The first-order valence-electron chi connectivity index (χ1n) is 6.29. The van der Waals surface area contributed by atoms with E-state index in [9.17, 15) is 4.79 Å². The number of hydrogen-bond donors (Lipinski definition) is 2. The maximum Gasteiger partial charge on any atom is 0.256 e. The average Bonchev–Trinajstić information content (AvgIpc) is 2.38. The zero-order valence-electron chi connectivity index (χ0n) is 10.9. The third kappa shape index (κ3) is 2.52. The number of nitrogens with one attached hydrogen (secondary N) is 1. The van der Waals surface area contributed by atoms with Crippen molar-refractivity contribution in [3.8, 4) is 0 Å². The molecular formula is C13H20N4O. The maximum absolute atomic E-state index is 12.5. The summed E-state index contributed by atoms with van der Waals surface area (Å²) in [6.07, 6.45) is 0. The van der Waals surface area contributed by atoms with Crippen LogP contribution in [0.5, 0.6) is 0 Å². The lowest BCUT2D eigenvalue weighted by Crippen LogP contribution is -2.56. The lowest BCUT2D eigenvalue weighted by molar-refractivity contribution is 0.0643. The van der Waals surface area contributed by atoms with E-state index in [2.05, 4.69) is 10.3 Å². The first kappa shape index (κ1) is 13.0. The summed E-state index contributed by atoms with van der Waals surface area (Å²) in [6, 6.07) is 3.81. The summed E-state index contributed by atoms with van der Waals surface area (Å²) in [4.78, 5) is 18.7. The zero-order chi connectivity index (χ0) is 13.1. The molecule has 1 atom stereocenters. The fraction of sp³-hybridized carbons (Fsp3) is 0.538. The molecule has 0 radical (unpaired) electrons. The number of aryl methyl sites for hydroxylation is 2. The Morgan fingerprint density at radius 1 is 1.56 bits per heavy atom. The molecule has 0 spiro atoms. The molecule has 1 unspecified atom stereocenters. The van der Waals surface area contributed by atoms with Crippen molar-refractivity contribution in [2.75, 3.05) is 26.2 Å². The molecule has 1 amide bonds. The number of nitrogens with zero attached hydrogens (tertiary/aromatic N) is 2. The van der Waals surface area contributed by atoms with E-state index in [1.807, 2.05) is 30.9 Å². The van der Waals surface area contributed by atoms with Crippen molar-refractivity contribution in [3.63, 3.8) is 0 Å². The highest BCUT2D eigenvalue weighted by atomic mass is 16.2. The lowest BCUT2D eigenvalue weighted by atomic mass is 10.1. The molecule has 1 aliphatic heterocycles. The second-order valence-electron chi connectivity index (χ2n) is 4.68. The van der Waals surface area contributed by atoms with Gasteiger partial charge in [0.05, 0.1) is 17.3 Å². The molecule has 3 N–H and O–H groups in total. The predicted molar refractivity (Wildman–Crippen MR) is 70.5 cm³/mol. The molecule has 0 saturated carbocycles. The molecule has 2 rings (SSSR count). The number of pyridine rings is 1. The highest BCUT2D eigenvalue weighted by molar-refractivity contribution is 5.95. The van der Waals surface area contributed by atoms with E-state index in [-0.39, 0.29) is 11.9 Å². The van der Waals surface area contributed by atoms with Gasteiger partial charge in [0.1, 0.15) is 0 Å². The van der Waals surface area contributed by atoms with E-state index >= 15 is 0 Å². The summed E-state index contributed by atoms with van der Waals surface area (Å²) in [5.74, 6) is 0.0388. The van der Waals surface area contributed by atoms with Gasteiger partial charge in [0, 0.05) is 31.9 Å². The van der Waals surface area contributed by atoms with Crippen LogP contribution >= 0.6 is 0 Å². The molecule has 1 aliphatic rings. The quantitative estimate of drug-likeness (QED) is 0.777. The van der Waals surface area contributed by atoms with Gasteiger partial charge in [-0.2, -0.15) is 0 Å². The molecule has 1 aromatic heterocycles. The van der Waals surface area contributed by atoms with Crippen LogP contribution in [0.25, 0.3) is 0 Å². The Labute approximate surface area is 107 Å². The Balaban J connectivity index is 2.24. The van der Waals surface area contributed by atoms with Gasteiger partial charge in [-0.05, 0) is 26.0 Å². The molecule has 2 heterocycles. The van der Waals surface area contributed by atoms with Gasteiger partial charge in [-0.15, -0.1) is 0 Å². The summed E-state index contributed by atoms with van der Waals surface area (Å²) < 4.78 is 0. The fourth-order valence-corrected chi connectivity index (χ4v) is 2.31. The van der Waals surface area contributed by atoms with E-state index in [0.29, 0.717) is 18.7 Å². The Kier molecular flexibility index (Phi) is 3.93. The van der Waals surface area contributed by atoms with Crippen molar-refractivity contribution in [1.29, 1.82) is 0 Å². The number of carbonyl (C=O) groups is 1. The van der Waals surface area contributed by atoms with Crippen LogP contribution in [-0.2, 0) is 0 Å². The van der Waals surface area contributed by atoms with Gasteiger partial charge >= 0.3 is 0 Å². The molecule has 0 bridgehead atoms. The van der Waals surface area contributed by atoms with E-state index in [1.165, 1.54) is 0 Å². The second-order valence-corrected chi connectivity index (χ2v) is 4.68. The monoisotopic (exact) mass is 248 g/mol. The smallest absolute Gasteiger partial charge is 0.256 e. The normalized spacial score (nSPS) is 19.9. The molecule has 5 heteroatoms. The van der Waals surface area contributed by atoms with Crippen molar-refractivity contribution in [2.24, 2.45) is 5.73 Å². The van der Waals surface area contributed by atoms with E-state index in [1.54, 1.807) is 0 Å². The number of piperazine rings is 1. The minimum atomic E-state index is 0.0388. The standard InChI is InChI=1S/C13H20N4O/c1-9-3-4-12(10(2)16-9)13(18)17-6-5-15-8-11(17)7-14/h3-4,11,15H,5-8,14H2,1-2H3. The highest BCUT2D eigenvalue weighted by Gasteiger charge is 2.27. The third-order valence-electron chi connectivity index (χ3n) is 3.34. The molecular weight excluding hydrogens is 228 g/mol. The van der Waals surface area contributed by atoms with Crippen LogP contribution in [0.2, 0.25) is 0 Å². The van der Waals surface area contributed by atoms with Crippen LogP contribution in [0, 0.1) is 13.8 Å². The van der Waals surface area contributed by atoms with Crippen LogP contribution in [0.15, 0.2) is 12.1 Å². The van der Waals surface area contributed by atoms with Gasteiger partial charge in [-0.1, -0.05) is 0 Å². The minimum absolute atomic E-state index is 0.0388. The summed E-state index contributed by atoms with van der Waals surface area (Å²) >= 11 is 0. The fourth-order valence-electron chi connectivity index (χ4n) is 2.31. The number of amides is 1. The summed E-state index contributed by atoms with van der Waals surface area (Å²) in [5, 5.41) is 3.26. The van der Waals surface area contributed by atoms with Crippen LogP contribution < -0.4 is 11.1 Å². The van der Waals surface area contributed by atoms with E-state index < -0.39 is 0 Å². The van der Waals surface area contributed by atoms with E-state index in [0.717, 1.165) is 24.5 Å². The Hall–Kier alpha value is -1.46. The van der Waals surface area contributed by atoms with Crippen molar-refractivity contribution < 1.29 is 4.79 Å². The van der Waals surface area contributed by atoms with Gasteiger partial charge in [0.15, 0.2) is 0 Å². The largest absolute Gasteiger partial charge is 0.332 e. The summed E-state index contributed by atoms with van der Waals surface area (Å²) in [6.45, 7) is 6.57. The number of rotatable bonds is 2. The lowest BCUT2D eigenvalue weighted by Gasteiger charge is -2.35. The Bertz CT molecular complexity index is 447. The number of hydrogen-bond acceptors (Lipinski definition) is 4. The Morgan fingerprint density at radius 2 is 2.33 bits per heavy atom. The first-order valence-corrected chi connectivity index (χ1v) is 6.29. The maximum atomic E-state index is 12.5.